The number of hydrogen-bond acceptors (Lipinski definition) is 7. The molecular weight excluding hydrogens is 510 g/mol. The summed E-state index contributed by atoms with van der Waals surface area (Å²) in [6.45, 7) is 6.04. The Kier molecular flexibility index (Phi) is 7.10. The zero-order valence-electron chi connectivity index (χ0n) is 22.1. The van der Waals surface area contributed by atoms with Crippen molar-refractivity contribution >= 4 is 33.4 Å². The van der Waals surface area contributed by atoms with Gasteiger partial charge in [0.2, 0.25) is 0 Å². The fourth-order valence-corrected chi connectivity index (χ4v) is 6.64. The summed E-state index contributed by atoms with van der Waals surface area (Å²) < 4.78 is 18.2. The molecule has 0 spiro atoms. The molecule has 8 nitrogen and oxygen atoms in total. The van der Waals surface area contributed by atoms with E-state index >= 15 is 0 Å². The Morgan fingerprint density at radius 3 is 2.72 bits per heavy atom. The minimum Gasteiger partial charge on any atom is -0.372 e. The number of pyridine rings is 3. The SMILES string of the molecule is C[C@@H]1CN(c2cccc(-c3ccc4cnc(CNC(=O)c5ccc6c(c5)[S@](=O)CCC6)cc4n3)n2)C[C@H](C)O1. The Balaban J connectivity index is 1.19. The fraction of sp³-hybridized carbons (Fsp3) is 0.333. The number of carbonyl (C=O) groups is 1. The highest BCUT2D eigenvalue weighted by Crippen LogP contribution is 2.25. The molecule has 0 unspecified atom stereocenters. The molecule has 3 atom stereocenters. The van der Waals surface area contributed by atoms with Crippen molar-refractivity contribution in [3.05, 3.63) is 77.6 Å². The Labute approximate surface area is 230 Å². The quantitative estimate of drug-likeness (QED) is 0.403. The summed E-state index contributed by atoms with van der Waals surface area (Å²) in [4.78, 5) is 30.2. The largest absolute Gasteiger partial charge is 0.372 e. The molecule has 39 heavy (non-hydrogen) atoms. The maximum absolute atomic E-state index is 12.8. The van der Waals surface area contributed by atoms with E-state index in [-0.39, 0.29) is 24.7 Å². The second-order valence-electron chi connectivity index (χ2n) is 10.3. The second kappa shape index (κ2) is 10.8. The van der Waals surface area contributed by atoms with Crippen molar-refractivity contribution in [2.45, 2.75) is 50.3 Å². The van der Waals surface area contributed by atoms with Crippen LogP contribution in [0.4, 0.5) is 5.82 Å². The Morgan fingerprint density at radius 2 is 1.87 bits per heavy atom. The first-order valence-corrected chi connectivity index (χ1v) is 14.7. The van der Waals surface area contributed by atoms with Crippen LogP contribution in [-0.2, 0) is 28.5 Å². The van der Waals surface area contributed by atoms with Gasteiger partial charge in [0.05, 0.1) is 52.2 Å². The number of nitrogens with one attached hydrogen (secondary N) is 1. The number of morpholine rings is 1. The third-order valence-electron chi connectivity index (χ3n) is 7.15. The van der Waals surface area contributed by atoms with Gasteiger partial charge < -0.3 is 15.0 Å². The summed E-state index contributed by atoms with van der Waals surface area (Å²) >= 11 is 0. The molecule has 200 valence electrons. The van der Waals surface area contributed by atoms with E-state index < -0.39 is 10.8 Å². The van der Waals surface area contributed by atoms with Gasteiger partial charge in [-0.3, -0.25) is 14.0 Å². The molecule has 5 heterocycles. The Morgan fingerprint density at radius 1 is 1.05 bits per heavy atom. The summed E-state index contributed by atoms with van der Waals surface area (Å²) in [5.41, 5.74) is 4.67. The van der Waals surface area contributed by atoms with Crippen LogP contribution in [0.3, 0.4) is 0 Å². The molecule has 6 rings (SSSR count). The van der Waals surface area contributed by atoms with Crippen molar-refractivity contribution in [3.8, 4) is 11.4 Å². The van der Waals surface area contributed by atoms with Crippen LogP contribution in [0.5, 0.6) is 0 Å². The first-order valence-electron chi connectivity index (χ1n) is 13.4. The summed E-state index contributed by atoms with van der Waals surface area (Å²) in [6.07, 6.45) is 3.91. The van der Waals surface area contributed by atoms with Crippen LogP contribution in [0.15, 0.2) is 65.7 Å². The van der Waals surface area contributed by atoms with E-state index in [1.165, 1.54) is 0 Å². The minimum atomic E-state index is -1.04. The number of hydrogen-bond donors (Lipinski definition) is 1. The molecule has 0 saturated carbocycles. The molecule has 1 amide bonds. The van der Waals surface area contributed by atoms with Crippen molar-refractivity contribution in [2.75, 3.05) is 23.7 Å². The normalized spacial score (nSPS) is 21.0. The van der Waals surface area contributed by atoms with E-state index in [0.29, 0.717) is 17.0 Å². The fourth-order valence-electron chi connectivity index (χ4n) is 5.30. The van der Waals surface area contributed by atoms with E-state index in [1.54, 1.807) is 18.3 Å². The summed E-state index contributed by atoms with van der Waals surface area (Å²) in [6, 6.07) is 17.4. The first-order chi connectivity index (χ1) is 18.9. The van der Waals surface area contributed by atoms with Gasteiger partial charge in [-0.15, -0.1) is 0 Å². The highest BCUT2D eigenvalue weighted by molar-refractivity contribution is 7.85. The number of benzene rings is 1. The van der Waals surface area contributed by atoms with Gasteiger partial charge in [0.25, 0.3) is 5.91 Å². The van der Waals surface area contributed by atoms with E-state index in [4.69, 9.17) is 14.7 Å². The number of rotatable bonds is 5. The van der Waals surface area contributed by atoms with Crippen LogP contribution < -0.4 is 10.2 Å². The van der Waals surface area contributed by atoms with Gasteiger partial charge in [0.15, 0.2) is 0 Å². The zero-order valence-corrected chi connectivity index (χ0v) is 22.9. The van der Waals surface area contributed by atoms with Crippen molar-refractivity contribution < 1.29 is 13.7 Å². The molecule has 1 saturated heterocycles. The lowest BCUT2D eigenvalue weighted by atomic mass is 10.1. The lowest BCUT2D eigenvalue weighted by Crippen LogP contribution is -2.45. The number of ether oxygens (including phenoxy) is 1. The van der Waals surface area contributed by atoms with Crippen LogP contribution in [0, 0.1) is 0 Å². The number of nitrogens with zero attached hydrogens (tertiary/aromatic N) is 4. The number of aromatic nitrogens is 3. The molecule has 0 aliphatic carbocycles. The highest BCUT2D eigenvalue weighted by Gasteiger charge is 2.23. The molecule has 0 radical (unpaired) electrons. The molecular formula is C30H31N5O3S. The van der Waals surface area contributed by atoms with E-state index in [0.717, 1.165) is 64.5 Å². The van der Waals surface area contributed by atoms with Gasteiger partial charge in [-0.2, -0.15) is 0 Å². The summed E-state index contributed by atoms with van der Waals surface area (Å²) in [7, 11) is -1.04. The third-order valence-corrected chi connectivity index (χ3v) is 8.68. The smallest absolute Gasteiger partial charge is 0.251 e. The van der Waals surface area contributed by atoms with Crippen molar-refractivity contribution in [3.63, 3.8) is 0 Å². The van der Waals surface area contributed by atoms with Crippen LogP contribution in [0.2, 0.25) is 0 Å². The molecule has 9 heteroatoms. The minimum absolute atomic E-state index is 0.153. The lowest BCUT2D eigenvalue weighted by molar-refractivity contribution is -0.00545. The Bertz CT molecular complexity index is 1570. The zero-order chi connectivity index (χ0) is 26.9. The molecule has 2 aliphatic rings. The molecule has 2 aliphatic heterocycles. The molecule has 3 aromatic heterocycles. The van der Waals surface area contributed by atoms with E-state index in [1.807, 2.05) is 42.5 Å². The first kappa shape index (κ1) is 25.6. The number of amides is 1. The predicted octanol–water partition coefficient (Wildman–Crippen LogP) is 4.29. The standard InChI is InChI=1S/C30H31N5O3S/c1-19-17-35(18-20(2)38-19)29-7-3-6-25(34-29)26-11-10-23-15-31-24(14-27(23)33-26)16-32-30(36)22-9-8-21-5-4-12-39(37)28(21)13-22/h3,6-11,13-15,19-20H,4-5,12,16-18H2,1-2H3,(H,32,36)/t19-,20+,39-/m1/s1. The van der Waals surface area contributed by atoms with Gasteiger partial charge in [-0.1, -0.05) is 12.1 Å². The van der Waals surface area contributed by atoms with Gasteiger partial charge in [-0.05, 0) is 74.7 Å². The van der Waals surface area contributed by atoms with Gasteiger partial charge in [-0.25, -0.2) is 9.97 Å². The molecule has 1 N–H and O–H groups in total. The number of fused-ring (bicyclic) bond motifs is 2. The van der Waals surface area contributed by atoms with Gasteiger partial charge in [0.1, 0.15) is 5.82 Å². The van der Waals surface area contributed by atoms with Crippen LogP contribution in [0.25, 0.3) is 22.3 Å². The summed E-state index contributed by atoms with van der Waals surface area (Å²) in [5.74, 6) is 1.36. The third kappa shape index (κ3) is 5.55. The van der Waals surface area contributed by atoms with Gasteiger partial charge in [0, 0.05) is 40.9 Å². The Hall–Kier alpha value is -3.69. The molecule has 4 aromatic rings. The second-order valence-corrected chi connectivity index (χ2v) is 11.8. The van der Waals surface area contributed by atoms with Crippen LogP contribution >= 0.6 is 0 Å². The molecule has 1 aromatic carbocycles. The van der Waals surface area contributed by atoms with Gasteiger partial charge >= 0.3 is 0 Å². The average Bonchev–Trinajstić information content (AvgIpc) is 2.95. The van der Waals surface area contributed by atoms with E-state index in [2.05, 4.69) is 29.0 Å². The summed E-state index contributed by atoms with van der Waals surface area (Å²) in [5, 5.41) is 3.86. The maximum atomic E-state index is 12.8. The van der Waals surface area contributed by atoms with Crippen molar-refractivity contribution in [1.29, 1.82) is 0 Å². The predicted molar refractivity (Wildman–Crippen MR) is 152 cm³/mol. The number of aryl methyl sites for hydroxylation is 1. The molecule has 1 fully saturated rings. The topological polar surface area (TPSA) is 97.3 Å². The maximum Gasteiger partial charge on any atom is 0.251 e. The lowest BCUT2D eigenvalue weighted by Gasteiger charge is -2.36. The van der Waals surface area contributed by atoms with Crippen LogP contribution in [0.1, 0.15) is 41.9 Å². The van der Waals surface area contributed by atoms with Crippen LogP contribution in [-0.4, -0.2) is 56.1 Å². The van der Waals surface area contributed by atoms with E-state index in [9.17, 15) is 9.00 Å². The molecule has 0 bridgehead atoms. The number of anilines is 1. The highest BCUT2D eigenvalue weighted by atomic mass is 32.2. The number of carbonyl (C=O) groups excluding carboxylic acids is 1. The monoisotopic (exact) mass is 541 g/mol. The average molecular weight is 542 g/mol. The van der Waals surface area contributed by atoms with Crippen molar-refractivity contribution in [1.82, 2.24) is 20.3 Å². The van der Waals surface area contributed by atoms with Crippen molar-refractivity contribution in [2.24, 2.45) is 0 Å².